The van der Waals surface area contributed by atoms with E-state index in [1.807, 2.05) is 20.8 Å². The van der Waals surface area contributed by atoms with Crippen LogP contribution >= 0.6 is 0 Å². The maximum Gasteiger partial charge on any atom is 0.393 e. The third kappa shape index (κ3) is 3.57. The van der Waals surface area contributed by atoms with E-state index >= 15 is 0 Å². The van der Waals surface area contributed by atoms with E-state index in [-0.39, 0.29) is 11.8 Å². The minimum atomic E-state index is -4.10. The van der Waals surface area contributed by atoms with E-state index in [9.17, 15) is 13.2 Å². The standard InChI is InChI=1S/C10H19F3/c1-6-8(2,3)7-9(4,5)10(11,12)13/h6-7H2,1-5H3. The van der Waals surface area contributed by atoms with Crippen molar-refractivity contribution in [3.05, 3.63) is 0 Å². The van der Waals surface area contributed by atoms with Crippen LogP contribution in [0.2, 0.25) is 0 Å². The fourth-order valence-corrected chi connectivity index (χ4v) is 1.42. The lowest BCUT2D eigenvalue weighted by Crippen LogP contribution is -2.36. The molecule has 0 aromatic heterocycles. The first-order valence-corrected chi connectivity index (χ1v) is 4.58. The predicted octanol–water partition coefficient (Wildman–Crippen LogP) is 4.40. The Labute approximate surface area is 78.5 Å². The average molecular weight is 196 g/mol. The van der Waals surface area contributed by atoms with Crippen LogP contribution < -0.4 is 0 Å². The topological polar surface area (TPSA) is 0 Å². The Bertz CT molecular complexity index is 165. The molecule has 0 aliphatic rings. The highest BCUT2D eigenvalue weighted by Gasteiger charge is 2.49. The molecule has 0 atom stereocenters. The predicted molar refractivity (Wildman–Crippen MR) is 48.5 cm³/mol. The number of hydrogen-bond donors (Lipinski definition) is 0. The van der Waals surface area contributed by atoms with Gasteiger partial charge in [-0.2, -0.15) is 13.2 Å². The van der Waals surface area contributed by atoms with E-state index in [0.717, 1.165) is 6.42 Å². The van der Waals surface area contributed by atoms with Gasteiger partial charge in [0.15, 0.2) is 0 Å². The van der Waals surface area contributed by atoms with Gasteiger partial charge in [-0.25, -0.2) is 0 Å². The Kier molecular flexibility index (Phi) is 3.45. The van der Waals surface area contributed by atoms with Gasteiger partial charge in [0.1, 0.15) is 0 Å². The van der Waals surface area contributed by atoms with Crippen LogP contribution in [0.4, 0.5) is 13.2 Å². The van der Waals surface area contributed by atoms with Crippen molar-refractivity contribution in [3.8, 4) is 0 Å². The van der Waals surface area contributed by atoms with E-state index < -0.39 is 11.6 Å². The van der Waals surface area contributed by atoms with Gasteiger partial charge in [-0.15, -0.1) is 0 Å². The highest BCUT2D eigenvalue weighted by atomic mass is 19.4. The van der Waals surface area contributed by atoms with E-state index in [0.29, 0.717) is 0 Å². The number of hydrogen-bond acceptors (Lipinski definition) is 0. The first-order chi connectivity index (χ1) is 5.52. The molecule has 0 heterocycles. The summed E-state index contributed by atoms with van der Waals surface area (Å²) in [5.41, 5.74) is -1.81. The van der Waals surface area contributed by atoms with Gasteiger partial charge in [0, 0.05) is 0 Å². The first kappa shape index (κ1) is 12.8. The summed E-state index contributed by atoms with van der Waals surface area (Å²) in [6, 6.07) is 0. The van der Waals surface area contributed by atoms with Gasteiger partial charge >= 0.3 is 6.18 Å². The Morgan fingerprint density at radius 2 is 1.31 bits per heavy atom. The third-order valence-corrected chi connectivity index (χ3v) is 2.64. The number of alkyl halides is 3. The van der Waals surface area contributed by atoms with Gasteiger partial charge < -0.3 is 0 Å². The van der Waals surface area contributed by atoms with Gasteiger partial charge in [0.2, 0.25) is 0 Å². The Hall–Kier alpha value is -0.210. The molecule has 0 N–H and O–H groups in total. The van der Waals surface area contributed by atoms with Gasteiger partial charge in [0.25, 0.3) is 0 Å². The lowest BCUT2D eigenvalue weighted by atomic mass is 9.73. The minimum Gasteiger partial charge on any atom is -0.171 e. The molecular weight excluding hydrogens is 177 g/mol. The smallest absolute Gasteiger partial charge is 0.171 e. The quantitative estimate of drug-likeness (QED) is 0.627. The zero-order chi connectivity index (χ0) is 10.9. The largest absolute Gasteiger partial charge is 0.393 e. The average Bonchev–Trinajstić information content (AvgIpc) is 1.83. The molecule has 0 spiro atoms. The molecule has 0 fully saturated rings. The minimum absolute atomic E-state index is 0.181. The van der Waals surface area contributed by atoms with Crippen LogP contribution in [-0.4, -0.2) is 6.18 Å². The van der Waals surface area contributed by atoms with E-state index in [1.54, 1.807) is 0 Å². The van der Waals surface area contributed by atoms with Crippen molar-refractivity contribution in [1.29, 1.82) is 0 Å². The third-order valence-electron chi connectivity index (χ3n) is 2.64. The summed E-state index contributed by atoms with van der Waals surface area (Å²) in [7, 11) is 0. The van der Waals surface area contributed by atoms with Crippen molar-refractivity contribution in [2.45, 2.75) is 53.6 Å². The summed E-state index contributed by atoms with van der Waals surface area (Å²) in [4.78, 5) is 0. The van der Waals surface area contributed by atoms with E-state index in [4.69, 9.17) is 0 Å². The maximum absolute atomic E-state index is 12.5. The van der Waals surface area contributed by atoms with Crippen molar-refractivity contribution >= 4 is 0 Å². The van der Waals surface area contributed by atoms with Crippen LogP contribution in [-0.2, 0) is 0 Å². The second-order valence-electron chi connectivity index (χ2n) is 5.08. The molecule has 0 unspecified atom stereocenters. The Morgan fingerprint density at radius 1 is 0.923 bits per heavy atom. The molecular formula is C10H19F3. The molecule has 80 valence electrons. The first-order valence-electron chi connectivity index (χ1n) is 4.58. The molecule has 0 aromatic rings. The number of rotatable bonds is 3. The zero-order valence-electron chi connectivity index (χ0n) is 9.05. The van der Waals surface area contributed by atoms with Gasteiger partial charge in [-0.3, -0.25) is 0 Å². The SMILES string of the molecule is CCC(C)(C)CC(C)(C)C(F)(F)F. The molecule has 0 nitrogen and oxygen atoms in total. The van der Waals surface area contributed by atoms with E-state index in [2.05, 4.69) is 0 Å². The lowest BCUT2D eigenvalue weighted by Gasteiger charge is -2.35. The van der Waals surface area contributed by atoms with Crippen LogP contribution in [0.3, 0.4) is 0 Å². The molecule has 0 rings (SSSR count). The van der Waals surface area contributed by atoms with Crippen LogP contribution in [0.15, 0.2) is 0 Å². The molecule has 0 amide bonds. The second kappa shape index (κ2) is 3.50. The maximum atomic E-state index is 12.5. The Balaban J connectivity index is 4.52. The molecule has 0 aliphatic heterocycles. The fraction of sp³-hybridized carbons (Fsp3) is 1.00. The molecule has 3 heteroatoms. The van der Waals surface area contributed by atoms with Crippen LogP contribution in [0.5, 0.6) is 0 Å². The molecule has 13 heavy (non-hydrogen) atoms. The summed E-state index contributed by atoms with van der Waals surface area (Å²) in [5.74, 6) is 0. The fourth-order valence-electron chi connectivity index (χ4n) is 1.42. The van der Waals surface area contributed by atoms with Crippen LogP contribution in [0.1, 0.15) is 47.5 Å². The van der Waals surface area contributed by atoms with Gasteiger partial charge in [0.05, 0.1) is 5.41 Å². The molecule has 0 radical (unpaired) electrons. The summed E-state index contributed by atoms with van der Waals surface area (Å²) >= 11 is 0. The van der Waals surface area contributed by atoms with Gasteiger partial charge in [-0.1, -0.05) is 41.0 Å². The molecule has 0 aromatic carbocycles. The van der Waals surface area contributed by atoms with Crippen molar-refractivity contribution < 1.29 is 13.2 Å². The van der Waals surface area contributed by atoms with Crippen molar-refractivity contribution in [1.82, 2.24) is 0 Å². The normalized spacial score (nSPS) is 14.8. The monoisotopic (exact) mass is 196 g/mol. The summed E-state index contributed by atoms with van der Waals surface area (Å²) in [6.07, 6.45) is -3.15. The van der Waals surface area contributed by atoms with Crippen molar-refractivity contribution in [2.75, 3.05) is 0 Å². The molecule has 0 bridgehead atoms. The van der Waals surface area contributed by atoms with E-state index in [1.165, 1.54) is 13.8 Å². The molecule has 0 saturated heterocycles. The zero-order valence-corrected chi connectivity index (χ0v) is 9.05. The summed E-state index contributed by atoms with van der Waals surface area (Å²) < 4.78 is 37.5. The second-order valence-corrected chi connectivity index (χ2v) is 5.08. The lowest BCUT2D eigenvalue weighted by molar-refractivity contribution is -0.220. The summed E-state index contributed by atoms with van der Waals surface area (Å²) in [6.45, 7) is 8.21. The Morgan fingerprint density at radius 3 is 1.54 bits per heavy atom. The van der Waals surface area contributed by atoms with Crippen molar-refractivity contribution in [3.63, 3.8) is 0 Å². The summed E-state index contributed by atoms with van der Waals surface area (Å²) in [5, 5.41) is 0. The van der Waals surface area contributed by atoms with Gasteiger partial charge in [-0.05, 0) is 11.8 Å². The van der Waals surface area contributed by atoms with Crippen LogP contribution in [0.25, 0.3) is 0 Å². The van der Waals surface area contributed by atoms with Crippen molar-refractivity contribution in [2.24, 2.45) is 10.8 Å². The van der Waals surface area contributed by atoms with Crippen LogP contribution in [0, 0.1) is 10.8 Å². The molecule has 0 saturated carbocycles. The number of halogens is 3. The highest BCUT2D eigenvalue weighted by Crippen LogP contribution is 2.46. The highest BCUT2D eigenvalue weighted by molar-refractivity contribution is 4.83. The molecule has 0 aliphatic carbocycles.